The van der Waals surface area contributed by atoms with Gasteiger partial charge in [-0.25, -0.2) is 0 Å². The molecule has 0 fully saturated rings. The number of carbonyl (C=O) groups is 1. The maximum atomic E-state index is 12.8. The van der Waals surface area contributed by atoms with Gasteiger partial charge in [0.15, 0.2) is 5.82 Å². The monoisotopic (exact) mass is 431 g/mol. The molecule has 8 nitrogen and oxygen atoms in total. The van der Waals surface area contributed by atoms with Gasteiger partial charge in [0.05, 0.1) is 25.9 Å². The topological polar surface area (TPSA) is 91.2 Å². The van der Waals surface area contributed by atoms with Gasteiger partial charge in [-0.1, -0.05) is 22.0 Å². The Morgan fingerprint density at radius 1 is 1.11 bits per heavy atom. The molecule has 3 rings (SSSR count). The van der Waals surface area contributed by atoms with Crippen LogP contribution in [0.1, 0.15) is 29.1 Å². The molecule has 1 aromatic heterocycles. The van der Waals surface area contributed by atoms with E-state index in [0.717, 1.165) is 10.2 Å². The Kier molecular flexibility index (Phi) is 5.70. The number of hydrogen-bond acceptors (Lipinski definition) is 6. The molecule has 9 heteroatoms. The van der Waals surface area contributed by atoms with Gasteiger partial charge in [0.2, 0.25) is 0 Å². The number of carbonyl (C=O) groups excluding carboxylic acids is 1. The predicted octanol–water partition coefficient (Wildman–Crippen LogP) is 2.93. The molecule has 0 bridgehead atoms. The quantitative estimate of drug-likeness (QED) is 0.644. The highest BCUT2D eigenvalue weighted by Gasteiger charge is 2.23. The molecule has 3 aromatic rings. The van der Waals surface area contributed by atoms with Crippen molar-refractivity contribution in [3.8, 4) is 17.2 Å². The third-order valence-electron chi connectivity index (χ3n) is 3.95. The van der Waals surface area contributed by atoms with Crippen molar-refractivity contribution in [1.29, 1.82) is 0 Å². The number of rotatable bonds is 6. The molecule has 0 aliphatic rings. The Hall–Kier alpha value is -2.94. The van der Waals surface area contributed by atoms with E-state index in [2.05, 4.69) is 36.8 Å². The Balaban J connectivity index is 1.87. The number of ether oxygens (including phenoxy) is 2. The van der Waals surface area contributed by atoms with E-state index in [1.165, 1.54) is 14.2 Å². The van der Waals surface area contributed by atoms with Crippen LogP contribution in [-0.4, -0.2) is 40.3 Å². The van der Waals surface area contributed by atoms with Crippen LogP contribution >= 0.6 is 15.9 Å². The zero-order chi connectivity index (χ0) is 19.4. The number of nitrogens with one attached hydrogen (secondary N) is 1. The van der Waals surface area contributed by atoms with Gasteiger partial charge in [0.1, 0.15) is 17.1 Å². The SMILES string of the molecule is COc1cccc(OC)c1C(=O)NC(C)c1nnnn1-c1ccc(Br)cc1. The minimum Gasteiger partial charge on any atom is -0.496 e. The first kappa shape index (κ1) is 18.8. The Labute approximate surface area is 164 Å². The lowest BCUT2D eigenvalue weighted by atomic mass is 10.1. The molecule has 0 aliphatic heterocycles. The standard InChI is InChI=1S/C18H18BrN5O3/c1-11(17-21-22-23-24(17)13-9-7-12(19)8-10-13)20-18(25)16-14(26-2)5-4-6-15(16)27-3/h4-11H,1-3H3,(H,20,25). The molecule has 0 aliphatic carbocycles. The number of nitrogens with zero attached hydrogens (tertiary/aromatic N) is 4. The van der Waals surface area contributed by atoms with Crippen LogP contribution in [0.3, 0.4) is 0 Å². The molecular weight excluding hydrogens is 414 g/mol. The molecule has 1 atom stereocenters. The van der Waals surface area contributed by atoms with Gasteiger partial charge in [-0.3, -0.25) is 4.79 Å². The summed E-state index contributed by atoms with van der Waals surface area (Å²) in [7, 11) is 3.01. The Morgan fingerprint density at radius 2 is 1.74 bits per heavy atom. The first-order valence-corrected chi connectivity index (χ1v) is 8.90. The summed E-state index contributed by atoms with van der Waals surface area (Å²) >= 11 is 3.40. The molecule has 0 saturated carbocycles. The number of aromatic nitrogens is 4. The van der Waals surface area contributed by atoms with E-state index in [1.807, 2.05) is 24.3 Å². The largest absolute Gasteiger partial charge is 0.496 e. The van der Waals surface area contributed by atoms with Crippen LogP contribution in [0.2, 0.25) is 0 Å². The first-order chi connectivity index (χ1) is 13.0. The van der Waals surface area contributed by atoms with Gasteiger partial charge < -0.3 is 14.8 Å². The highest BCUT2D eigenvalue weighted by molar-refractivity contribution is 9.10. The average molecular weight is 432 g/mol. The van der Waals surface area contributed by atoms with Crippen molar-refractivity contribution >= 4 is 21.8 Å². The van der Waals surface area contributed by atoms with E-state index < -0.39 is 6.04 Å². The second-order valence-corrected chi connectivity index (χ2v) is 6.57. The molecule has 0 saturated heterocycles. The molecule has 27 heavy (non-hydrogen) atoms. The van der Waals surface area contributed by atoms with E-state index in [-0.39, 0.29) is 5.91 Å². The molecule has 1 amide bonds. The number of benzene rings is 2. The number of hydrogen-bond donors (Lipinski definition) is 1. The van der Waals surface area contributed by atoms with Gasteiger partial charge in [-0.15, -0.1) is 5.10 Å². The highest BCUT2D eigenvalue weighted by Crippen LogP contribution is 2.28. The second kappa shape index (κ2) is 8.17. The smallest absolute Gasteiger partial charge is 0.259 e. The highest BCUT2D eigenvalue weighted by atomic mass is 79.9. The fourth-order valence-corrected chi connectivity index (χ4v) is 2.90. The van der Waals surface area contributed by atoms with Crippen LogP contribution < -0.4 is 14.8 Å². The normalized spacial score (nSPS) is 11.7. The van der Waals surface area contributed by atoms with Crippen molar-refractivity contribution in [2.75, 3.05) is 14.2 Å². The van der Waals surface area contributed by atoms with Crippen molar-refractivity contribution < 1.29 is 14.3 Å². The van der Waals surface area contributed by atoms with Crippen LogP contribution in [0.25, 0.3) is 5.69 Å². The molecular formula is C18H18BrN5O3. The molecule has 1 heterocycles. The number of halogens is 1. The fraction of sp³-hybridized carbons (Fsp3) is 0.222. The van der Waals surface area contributed by atoms with Gasteiger partial charge in [0, 0.05) is 4.47 Å². The predicted molar refractivity (Wildman–Crippen MR) is 102 cm³/mol. The average Bonchev–Trinajstić information content (AvgIpc) is 3.17. The van der Waals surface area contributed by atoms with Gasteiger partial charge >= 0.3 is 0 Å². The van der Waals surface area contributed by atoms with Crippen LogP contribution in [0.15, 0.2) is 46.9 Å². The molecule has 0 radical (unpaired) electrons. The van der Waals surface area contributed by atoms with Crippen LogP contribution in [-0.2, 0) is 0 Å². The number of amides is 1. The van der Waals surface area contributed by atoms with Crippen molar-refractivity contribution in [3.05, 3.63) is 58.3 Å². The zero-order valence-electron chi connectivity index (χ0n) is 15.0. The molecule has 2 aromatic carbocycles. The number of methoxy groups -OCH3 is 2. The van der Waals surface area contributed by atoms with E-state index >= 15 is 0 Å². The zero-order valence-corrected chi connectivity index (χ0v) is 16.6. The van der Waals surface area contributed by atoms with Crippen molar-refractivity contribution in [2.45, 2.75) is 13.0 Å². The summed E-state index contributed by atoms with van der Waals surface area (Å²) in [6.07, 6.45) is 0. The van der Waals surface area contributed by atoms with Crippen LogP contribution in [0.4, 0.5) is 0 Å². The maximum Gasteiger partial charge on any atom is 0.259 e. The number of tetrazole rings is 1. The molecule has 1 unspecified atom stereocenters. The minimum absolute atomic E-state index is 0.317. The summed E-state index contributed by atoms with van der Waals surface area (Å²) < 4.78 is 13.1. The van der Waals surface area contributed by atoms with Crippen molar-refractivity contribution in [2.24, 2.45) is 0 Å². The summed E-state index contributed by atoms with van der Waals surface area (Å²) in [5.41, 5.74) is 1.10. The molecule has 0 spiro atoms. The molecule has 1 N–H and O–H groups in total. The van der Waals surface area contributed by atoms with E-state index in [0.29, 0.717) is 22.9 Å². The lowest BCUT2D eigenvalue weighted by Crippen LogP contribution is -2.29. The summed E-state index contributed by atoms with van der Waals surface area (Å²) in [5, 5.41) is 14.7. The Morgan fingerprint density at radius 3 is 2.33 bits per heavy atom. The lowest BCUT2D eigenvalue weighted by molar-refractivity contribution is 0.0931. The third-order valence-corrected chi connectivity index (χ3v) is 4.48. The molecule has 140 valence electrons. The van der Waals surface area contributed by atoms with E-state index in [4.69, 9.17) is 9.47 Å². The van der Waals surface area contributed by atoms with E-state index in [1.54, 1.807) is 29.8 Å². The second-order valence-electron chi connectivity index (χ2n) is 5.66. The van der Waals surface area contributed by atoms with Gasteiger partial charge in [-0.05, 0) is 53.7 Å². The van der Waals surface area contributed by atoms with Crippen molar-refractivity contribution in [1.82, 2.24) is 25.5 Å². The first-order valence-electron chi connectivity index (χ1n) is 8.11. The van der Waals surface area contributed by atoms with Crippen LogP contribution in [0.5, 0.6) is 11.5 Å². The summed E-state index contributed by atoms with van der Waals surface area (Å²) in [5.74, 6) is 1.000. The lowest BCUT2D eigenvalue weighted by Gasteiger charge is -2.17. The summed E-state index contributed by atoms with van der Waals surface area (Å²) in [6.45, 7) is 1.81. The minimum atomic E-state index is -0.453. The maximum absolute atomic E-state index is 12.8. The third kappa shape index (κ3) is 3.92. The van der Waals surface area contributed by atoms with Crippen LogP contribution in [0, 0.1) is 0 Å². The fourth-order valence-electron chi connectivity index (χ4n) is 2.64. The summed E-state index contributed by atoms with van der Waals surface area (Å²) in [6, 6.07) is 12.2. The van der Waals surface area contributed by atoms with Gasteiger partial charge in [0.25, 0.3) is 5.91 Å². The van der Waals surface area contributed by atoms with E-state index in [9.17, 15) is 4.79 Å². The van der Waals surface area contributed by atoms with Crippen molar-refractivity contribution in [3.63, 3.8) is 0 Å². The Bertz CT molecular complexity index is 920. The van der Waals surface area contributed by atoms with Gasteiger partial charge in [-0.2, -0.15) is 4.68 Å². The summed E-state index contributed by atoms with van der Waals surface area (Å²) in [4.78, 5) is 12.8.